The lowest BCUT2D eigenvalue weighted by atomic mass is 10.2. The van der Waals surface area contributed by atoms with Crippen LogP contribution in [0.5, 0.6) is 17.2 Å². The number of ether oxygens (including phenoxy) is 3. The molecule has 2 aromatic rings. The predicted molar refractivity (Wildman–Crippen MR) is 89.6 cm³/mol. The van der Waals surface area contributed by atoms with Crippen LogP contribution in [0.2, 0.25) is 0 Å². The summed E-state index contributed by atoms with van der Waals surface area (Å²) in [7, 11) is 0. The van der Waals surface area contributed by atoms with Crippen LogP contribution >= 0.6 is 11.8 Å². The highest BCUT2D eigenvalue weighted by molar-refractivity contribution is 7.99. The van der Waals surface area contributed by atoms with Gasteiger partial charge in [0.2, 0.25) is 6.79 Å². The van der Waals surface area contributed by atoms with Crippen molar-refractivity contribution in [2.45, 2.75) is 23.7 Å². The first-order chi connectivity index (χ1) is 12.0. The molecule has 0 saturated heterocycles. The van der Waals surface area contributed by atoms with Gasteiger partial charge in [-0.15, -0.1) is 0 Å². The number of hydrogen-bond acceptors (Lipinski definition) is 5. The van der Waals surface area contributed by atoms with Crippen molar-refractivity contribution in [2.24, 2.45) is 0 Å². The SMILES string of the molecule is C[C@H](Oc1ccc2c(c1)OCO2)C(=O)Nc1ccc(SC(F)F)cc1. The van der Waals surface area contributed by atoms with E-state index >= 15 is 0 Å². The fourth-order valence-electron chi connectivity index (χ4n) is 2.17. The largest absolute Gasteiger partial charge is 0.481 e. The molecule has 1 aliphatic rings. The van der Waals surface area contributed by atoms with Gasteiger partial charge in [0.25, 0.3) is 11.7 Å². The van der Waals surface area contributed by atoms with Crippen LogP contribution < -0.4 is 19.5 Å². The average molecular weight is 367 g/mol. The van der Waals surface area contributed by atoms with Crippen molar-refractivity contribution >= 4 is 23.4 Å². The minimum atomic E-state index is -2.48. The number of rotatable bonds is 6. The zero-order chi connectivity index (χ0) is 17.8. The summed E-state index contributed by atoms with van der Waals surface area (Å²) in [4.78, 5) is 12.6. The molecule has 1 aliphatic heterocycles. The lowest BCUT2D eigenvalue weighted by Crippen LogP contribution is -2.30. The van der Waals surface area contributed by atoms with Crippen LogP contribution in [0.15, 0.2) is 47.4 Å². The van der Waals surface area contributed by atoms with Gasteiger partial charge >= 0.3 is 0 Å². The Kier molecular flexibility index (Phi) is 5.28. The maximum Gasteiger partial charge on any atom is 0.288 e. The molecular formula is C17H15F2NO4S. The molecule has 5 nitrogen and oxygen atoms in total. The third kappa shape index (κ3) is 4.54. The number of thioether (sulfide) groups is 1. The van der Waals surface area contributed by atoms with E-state index in [1.54, 1.807) is 37.3 Å². The molecule has 1 atom stereocenters. The lowest BCUT2D eigenvalue weighted by Gasteiger charge is -2.15. The number of fused-ring (bicyclic) bond motifs is 1. The highest BCUT2D eigenvalue weighted by Gasteiger charge is 2.18. The Balaban J connectivity index is 1.57. The van der Waals surface area contributed by atoms with E-state index in [4.69, 9.17) is 14.2 Å². The first kappa shape index (κ1) is 17.3. The van der Waals surface area contributed by atoms with Crippen molar-refractivity contribution < 1.29 is 27.8 Å². The van der Waals surface area contributed by atoms with E-state index in [9.17, 15) is 13.6 Å². The van der Waals surface area contributed by atoms with Crippen molar-refractivity contribution in [3.63, 3.8) is 0 Å². The van der Waals surface area contributed by atoms with Crippen LogP contribution in [-0.4, -0.2) is 24.6 Å². The lowest BCUT2D eigenvalue weighted by molar-refractivity contribution is -0.122. The van der Waals surface area contributed by atoms with Crippen LogP contribution in [0.4, 0.5) is 14.5 Å². The monoisotopic (exact) mass is 367 g/mol. The maximum absolute atomic E-state index is 12.3. The molecule has 0 unspecified atom stereocenters. The van der Waals surface area contributed by atoms with Gasteiger partial charge in [-0.1, -0.05) is 11.8 Å². The van der Waals surface area contributed by atoms with Gasteiger partial charge in [0.1, 0.15) is 5.75 Å². The molecular weight excluding hydrogens is 352 g/mol. The van der Waals surface area contributed by atoms with Gasteiger partial charge in [-0.3, -0.25) is 4.79 Å². The van der Waals surface area contributed by atoms with Crippen molar-refractivity contribution in [3.05, 3.63) is 42.5 Å². The van der Waals surface area contributed by atoms with E-state index in [1.165, 1.54) is 12.1 Å². The minimum absolute atomic E-state index is 0.161. The summed E-state index contributed by atoms with van der Waals surface area (Å²) in [5.74, 6) is -1.15. The molecule has 3 rings (SSSR count). The van der Waals surface area contributed by atoms with Crippen LogP contribution in [0.1, 0.15) is 6.92 Å². The fraction of sp³-hybridized carbons (Fsp3) is 0.235. The van der Waals surface area contributed by atoms with Crippen LogP contribution in [0.3, 0.4) is 0 Å². The second kappa shape index (κ2) is 7.60. The summed E-state index contributed by atoms with van der Waals surface area (Å²) >= 11 is 0.451. The first-order valence-corrected chi connectivity index (χ1v) is 8.31. The number of halogens is 2. The second-order valence-corrected chi connectivity index (χ2v) is 6.23. The van der Waals surface area contributed by atoms with Gasteiger partial charge in [-0.2, -0.15) is 8.78 Å². The predicted octanol–water partition coefficient (Wildman–Crippen LogP) is 4.14. The molecule has 8 heteroatoms. The van der Waals surface area contributed by atoms with Gasteiger partial charge in [0.15, 0.2) is 17.6 Å². The van der Waals surface area contributed by atoms with Gasteiger partial charge in [0, 0.05) is 16.6 Å². The molecule has 0 aliphatic carbocycles. The summed E-state index contributed by atoms with van der Waals surface area (Å²) in [6.45, 7) is 1.77. The zero-order valence-corrected chi connectivity index (χ0v) is 14.0. The average Bonchev–Trinajstić information content (AvgIpc) is 3.03. The number of anilines is 1. The van der Waals surface area contributed by atoms with E-state index in [-0.39, 0.29) is 12.7 Å². The number of carbonyl (C=O) groups is 1. The summed E-state index contributed by atoms with van der Waals surface area (Å²) in [5, 5.41) is 2.68. The van der Waals surface area contributed by atoms with Gasteiger partial charge in [0.05, 0.1) is 0 Å². The number of benzene rings is 2. The molecule has 0 bridgehead atoms. The molecule has 132 valence electrons. The molecule has 0 saturated carbocycles. The highest BCUT2D eigenvalue weighted by atomic mass is 32.2. The molecule has 0 spiro atoms. The maximum atomic E-state index is 12.3. The summed E-state index contributed by atoms with van der Waals surface area (Å²) < 4.78 is 40.6. The van der Waals surface area contributed by atoms with E-state index < -0.39 is 11.9 Å². The molecule has 0 fully saturated rings. The molecule has 2 aromatic carbocycles. The van der Waals surface area contributed by atoms with Crippen LogP contribution in [0.25, 0.3) is 0 Å². The fourth-order valence-corrected chi connectivity index (χ4v) is 2.67. The summed E-state index contributed by atoms with van der Waals surface area (Å²) in [5.41, 5.74) is 0.504. The summed E-state index contributed by atoms with van der Waals surface area (Å²) in [6, 6.07) is 11.2. The van der Waals surface area contributed by atoms with Crippen molar-refractivity contribution in [3.8, 4) is 17.2 Å². The smallest absolute Gasteiger partial charge is 0.288 e. The topological polar surface area (TPSA) is 56.8 Å². The molecule has 25 heavy (non-hydrogen) atoms. The standard InChI is InChI=1S/C17H15F2NO4S/c1-10(24-12-4-7-14-15(8-12)23-9-22-14)16(21)20-11-2-5-13(6-3-11)25-17(18)19/h2-8,10,17H,9H2,1H3,(H,20,21)/t10-/m0/s1. The second-order valence-electron chi connectivity index (χ2n) is 5.17. The zero-order valence-electron chi connectivity index (χ0n) is 13.2. The number of hydrogen-bond donors (Lipinski definition) is 1. The summed E-state index contributed by atoms with van der Waals surface area (Å²) in [6.07, 6.45) is -0.754. The molecule has 0 aromatic heterocycles. The quantitative estimate of drug-likeness (QED) is 0.778. The Morgan fingerprint density at radius 3 is 2.60 bits per heavy atom. The van der Waals surface area contributed by atoms with Crippen molar-refractivity contribution in [2.75, 3.05) is 12.1 Å². The van der Waals surface area contributed by atoms with Crippen molar-refractivity contribution in [1.82, 2.24) is 0 Å². The Morgan fingerprint density at radius 1 is 1.16 bits per heavy atom. The Bertz CT molecular complexity index is 755. The van der Waals surface area contributed by atoms with E-state index in [0.717, 1.165) is 0 Å². The van der Waals surface area contributed by atoms with Crippen molar-refractivity contribution in [1.29, 1.82) is 0 Å². The first-order valence-electron chi connectivity index (χ1n) is 7.43. The normalized spacial score (nSPS) is 13.6. The third-order valence-electron chi connectivity index (χ3n) is 3.37. The molecule has 1 amide bonds. The highest BCUT2D eigenvalue weighted by Crippen LogP contribution is 2.35. The van der Waals surface area contributed by atoms with Gasteiger partial charge in [-0.25, -0.2) is 0 Å². The number of amides is 1. The molecule has 1 heterocycles. The number of alkyl halides is 2. The minimum Gasteiger partial charge on any atom is -0.481 e. The van der Waals surface area contributed by atoms with Crippen LogP contribution in [-0.2, 0) is 4.79 Å². The molecule has 0 radical (unpaired) electrons. The van der Waals surface area contributed by atoms with Gasteiger partial charge in [-0.05, 0) is 43.3 Å². The van der Waals surface area contributed by atoms with E-state index in [0.29, 0.717) is 39.6 Å². The Morgan fingerprint density at radius 2 is 1.88 bits per heavy atom. The van der Waals surface area contributed by atoms with E-state index in [2.05, 4.69) is 5.32 Å². The molecule has 1 N–H and O–H groups in total. The van der Waals surface area contributed by atoms with E-state index in [1.807, 2.05) is 0 Å². The van der Waals surface area contributed by atoms with Crippen LogP contribution in [0, 0.1) is 0 Å². The van der Waals surface area contributed by atoms with Gasteiger partial charge < -0.3 is 19.5 Å². The third-order valence-corrected chi connectivity index (χ3v) is 4.10. The number of carbonyl (C=O) groups excluding carboxylic acids is 1. The number of nitrogens with one attached hydrogen (secondary N) is 1. The Hall–Kier alpha value is -2.48. The Labute approximate surface area is 147 Å².